The Morgan fingerprint density at radius 1 is 0.968 bits per heavy atom. The van der Waals surface area contributed by atoms with E-state index in [4.69, 9.17) is 9.47 Å². The third kappa shape index (κ3) is 3.14. The van der Waals surface area contributed by atoms with Crippen molar-refractivity contribution in [3.8, 4) is 11.5 Å². The first-order valence-electron chi connectivity index (χ1n) is 10.4. The quantitative estimate of drug-likeness (QED) is 0.407. The molecule has 1 saturated heterocycles. The minimum Gasteiger partial charge on any atom is -0.497 e. The van der Waals surface area contributed by atoms with E-state index < -0.39 is 0 Å². The van der Waals surface area contributed by atoms with E-state index in [1.165, 1.54) is 10.5 Å². The molecule has 5 rings (SSSR count). The number of ether oxygens (including phenoxy) is 2. The number of imide groups is 1. The summed E-state index contributed by atoms with van der Waals surface area (Å²) in [5, 5.41) is 0. The van der Waals surface area contributed by atoms with Gasteiger partial charge in [-0.15, -0.1) is 0 Å². The molecule has 1 aliphatic heterocycles. The number of hydrogen-bond donors (Lipinski definition) is 0. The first-order chi connectivity index (χ1) is 15.0. The zero-order valence-corrected chi connectivity index (χ0v) is 17.4. The van der Waals surface area contributed by atoms with Gasteiger partial charge in [0, 0.05) is 5.56 Å². The van der Waals surface area contributed by atoms with E-state index in [-0.39, 0.29) is 47.9 Å². The molecule has 0 radical (unpaired) electrons. The standard InChI is InChI=1S/C25H23NO5/c1-14-11-16-12-20(14)23-22(16)24(28)26(25(23)29)17-5-9-19(10-6-17)31-13-21(27)15-3-7-18(30-2)8-4-15/h3-11,16,20,22-23H,12-13H2,1-2H3. The average Bonchev–Trinajstić information content (AvgIpc) is 3.43. The predicted octanol–water partition coefficient (Wildman–Crippen LogP) is 3.66. The number of amides is 2. The lowest BCUT2D eigenvalue weighted by Crippen LogP contribution is -2.32. The van der Waals surface area contributed by atoms with Crippen LogP contribution in [0.5, 0.6) is 11.5 Å². The van der Waals surface area contributed by atoms with E-state index in [1.54, 1.807) is 55.6 Å². The lowest BCUT2D eigenvalue weighted by molar-refractivity contribution is -0.123. The monoisotopic (exact) mass is 417 g/mol. The average molecular weight is 417 g/mol. The fourth-order valence-corrected chi connectivity index (χ4v) is 5.23. The van der Waals surface area contributed by atoms with Gasteiger partial charge in [0.05, 0.1) is 24.6 Å². The molecule has 1 heterocycles. The van der Waals surface area contributed by atoms with E-state index >= 15 is 0 Å². The van der Waals surface area contributed by atoms with Gasteiger partial charge >= 0.3 is 0 Å². The van der Waals surface area contributed by atoms with Gasteiger partial charge in [0.2, 0.25) is 11.8 Å². The van der Waals surface area contributed by atoms with Crippen LogP contribution in [0.2, 0.25) is 0 Å². The van der Waals surface area contributed by atoms with Crippen LogP contribution in [0.4, 0.5) is 5.69 Å². The highest BCUT2D eigenvalue weighted by molar-refractivity contribution is 6.22. The number of allylic oxidation sites excluding steroid dienone is 2. The Kier molecular flexibility index (Phi) is 4.65. The Morgan fingerprint density at radius 3 is 2.29 bits per heavy atom. The van der Waals surface area contributed by atoms with Crippen molar-refractivity contribution in [2.24, 2.45) is 23.7 Å². The zero-order chi connectivity index (χ0) is 21.7. The summed E-state index contributed by atoms with van der Waals surface area (Å²) < 4.78 is 10.7. The van der Waals surface area contributed by atoms with Crippen molar-refractivity contribution < 1.29 is 23.9 Å². The van der Waals surface area contributed by atoms with Crippen molar-refractivity contribution in [1.82, 2.24) is 0 Å². The van der Waals surface area contributed by atoms with Crippen molar-refractivity contribution in [2.45, 2.75) is 13.3 Å². The van der Waals surface area contributed by atoms with Crippen LogP contribution in [0.25, 0.3) is 0 Å². The Labute approximate surface area is 180 Å². The number of benzene rings is 2. The molecule has 2 aromatic carbocycles. The Hall–Kier alpha value is -3.41. The van der Waals surface area contributed by atoms with E-state index in [9.17, 15) is 14.4 Å². The fourth-order valence-electron chi connectivity index (χ4n) is 5.23. The first kappa shape index (κ1) is 19.5. The summed E-state index contributed by atoms with van der Waals surface area (Å²) in [5.74, 6) is 0.770. The molecule has 1 saturated carbocycles. The van der Waals surface area contributed by atoms with Gasteiger partial charge in [0.25, 0.3) is 0 Å². The molecule has 4 unspecified atom stereocenters. The van der Waals surface area contributed by atoms with Gasteiger partial charge in [-0.1, -0.05) is 11.6 Å². The molecule has 4 atom stereocenters. The second kappa shape index (κ2) is 7.38. The van der Waals surface area contributed by atoms with E-state index in [0.29, 0.717) is 22.7 Å². The third-order valence-electron chi connectivity index (χ3n) is 6.76. The molecular weight excluding hydrogens is 394 g/mol. The SMILES string of the molecule is COc1ccc(C(=O)COc2ccc(N3C(=O)C4C5C=C(C)C(C5)C4C3=O)cc2)cc1. The molecule has 31 heavy (non-hydrogen) atoms. The normalized spacial score (nSPS) is 26.1. The number of anilines is 1. The minimum atomic E-state index is -0.223. The van der Waals surface area contributed by atoms with Gasteiger partial charge in [-0.3, -0.25) is 19.3 Å². The number of rotatable bonds is 6. The number of fused-ring (bicyclic) bond motifs is 5. The van der Waals surface area contributed by atoms with Crippen LogP contribution in [0.1, 0.15) is 23.7 Å². The molecule has 3 aliphatic rings. The first-order valence-corrected chi connectivity index (χ1v) is 10.4. The molecule has 158 valence electrons. The predicted molar refractivity (Wildman–Crippen MR) is 114 cm³/mol. The van der Waals surface area contributed by atoms with Gasteiger partial charge in [-0.25, -0.2) is 0 Å². The Morgan fingerprint density at radius 2 is 1.61 bits per heavy atom. The largest absolute Gasteiger partial charge is 0.497 e. The summed E-state index contributed by atoms with van der Waals surface area (Å²) in [6.07, 6.45) is 3.08. The summed E-state index contributed by atoms with van der Waals surface area (Å²) in [6, 6.07) is 13.6. The Bertz CT molecular complexity index is 1090. The lowest BCUT2D eigenvalue weighted by Gasteiger charge is -2.19. The van der Waals surface area contributed by atoms with Crippen molar-refractivity contribution in [1.29, 1.82) is 0 Å². The van der Waals surface area contributed by atoms with Crippen LogP contribution < -0.4 is 14.4 Å². The molecule has 2 fully saturated rings. The van der Waals surface area contributed by atoms with Crippen LogP contribution in [0.15, 0.2) is 60.2 Å². The maximum Gasteiger partial charge on any atom is 0.238 e. The molecule has 2 aromatic rings. The second-order valence-electron chi connectivity index (χ2n) is 8.41. The molecule has 2 amide bonds. The van der Waals surface area contributed by atoms with Gasteiger partial charge in [0.1, 0.15) is 11.5 Å². The number of Topliss-reactive ketones (excluding diaryl/α,β-unsaturated/α-hetero) is 1. The second-order valence-corrected chi connectivity index (χ2v) is 8.41. The van der Waals surface area contributed by atoms with Crippen LogP contribution >= 0.6 is 0 Å². The molecule has 0 spiro atoms. The highest BCUT2D eigenvalue weighted by atomic mass is 16.5. The minimum absolute atomic E-state index is 0.0988. The summed E-state index contributed by atoms with van der Waals surface area (Å²) in [6.45, 7) is 1.95. The van der Waals surface area contributed by atoms with Crippen molar-refractivity contribution in [3.63, 3.8) is 0 Å². The van der Waals surface area contributed by atoms with Crippen molar-refractivity contribution in [3.05, 3.63) is 65.7 Å². The molecular formula is C25H23NO5. The van der Waals surface area contributed by atoms with Gasteiger partial charge in [-0.05, 0) is 73.7 Å². The number of carbonyl (C=O) groups excluding carboxylic acids is 3. The van der Waals surface area contributed by atoms with Crippen LogP contribution in [0.3, 0.4) is 0 Å². The van der Waals surface area contributed by atoms with Crippen molar-refractivity contribution in [2.75, 3.05) is 18.6 Å². The summed E-state index contributed by atoms with van der Waals surface area (Å²) in [5.41, 5.74) is 2.32. The van der Waals surface area contributed by atoms with Crippen LogP contribution in [-0.2, 0) is 9.59 Å². The number of carbonyl (C=O) groups is 3. The van der Waals surface area contributed by atoms with Gasteiger partial charge in [0.15, 0.2) is 12.4 Å². The smallest absolute Gasteiger partial charge is 0.238 e. The van der Waals surface area contributed by atoms with Crippen molar-refractivity contribution >= 4 is 23.3 Å². The highest BCUT2D eigenvalue weighted by Crippen LogP contribution is 2.55. The molecule has 2 aliphatic carbocycles. The van der Waals surface area contributed by atoms with Gasteiger partial charge < -0.3 is 9.47 Å². The highest BCUT2D eigenvalue weighted by Gasteiger charge is 2.60. The molecule has 6 heteroatoms. The molecule has 2 bridgehead atoms. The number of nitrogens with zero attached hydrogens (tertiary/aromatic N) is 1. The summed E-state index contributed by atoms with van der Waals surface area (Å²) in [7, 11) is 1.57. The molecule has 0 N–H and O–H groups in total. The topological polar surface area (TPSA) is 72.9 Å². The van der Waals surface area contributed by atoms with E-state index in [0.717, 1.165) is 6.42 Å². The fraction of sp³-hybridized carbons (Fsp3) is 0.320. The lowest BCUT2D eigenvalue weighted by atomic mass is 9.82. The van der Waals surface area contributed by atoms with Gasteiger partial charge in [-0.2, -0.15) is 0 Å². The number of ketones is 1. The molecule has 6 nitrogen and oxygen atoms in total. The number of methoxy groups -OCH3 is 1. The maximum atomic E-state index is 13.0. The zero-order valence-electron chi connectivity index (χ0n) is 17.4. The third-order valence-corrected chi connectivity index (χ3v) is 6.76. The maximum absolute atomic E-state index is 13.0. The van der Waals surface area contributed by atoms with E-state index in [1.807, 2.05) is 0 Å². The summed E-state index contributed by atoms with van der Waals surface area (Å²) in [4.78, 5) is 39.7. The number of hydrogen-bond acceptors (Lipinski definition) is 5. The van der Waals surface area contributed by atoms with E-state index in [2.05, 4.69) is 13.0 Å². The van der Waals surface area contributed by atoms with Crippen LogP contribution in [0, 0.1) is 23.7 Å². The Balaban J connectivity index is 1.25. The summed E-state index contributed by atoms with van der Waals surface area (Å²) >= 11 is 0. The molecule has 0 aromatic heterocycles. The van der Waals surface area contributed by atoms with Crippen LogP contribution in [-0.4, -0.2) is 31.3 Å².